The largest absolute Gasteiger partial charge is 0.481 e. The SMILES string of the molecule is N[C@@H](CC(=O)O)C(=O)Nc1ccc(CCc2ccc(C3C=CC=CC3)cc2)c(C(F)(F)F)c1. The Hall–Kier alpha value is -3.39. The summed E-state index contributed by atoms with van der Waals surface area (Å²) in [6.45, 7) is 0. The van der Waals surface area contributed by atoms with Gasteiger partial charge in [-0.2, -0.15) is 13.2 Å². The van der Waals surface area contributed by atoms with Gasteiger partial charge in [0.2, 0.25) is 5.91 Å². The number of alkyl halides is 3. The minimum atomic E-state index is -4.61. The molecule has 174 valence electrons. The highest BCUT2D eigenvalue weighted by Gasteiger charge is 2.33. The topological polar surface area (TPSA) is 92.4 Å². The lowest BCUT2D eigenvalue weighted by Gasteiger charge is -2.17. The van der Waals surface area contributed by atoms with Crippen LogP contribution in [0.1, 0.15) is 41.0 Å². The molecule has 2 aromatic rings. The molecule has 8 heteroatoms. The number of aryl methyl sites for hydroxylation is 2. The zero-order valence-corrected chi connectivity index (χ0v) is 17.8. The molecule has 0 heterocycles. The van der Waals surface area contributed by atoms with Crippen LogP contribution in [-0.4, -0.2) is 23.0 Å². The molecule has 2 aromatic carbocycles. The lowest BCUT2D eigenvalue weighted by Crippen LogP contribution is -2.37. The predicted octanol–water partition coefficient (Wildman–Crippen LogP) is 4.83. The maximum atomic E-state index is 13.7. The molecule has 5 nitrogen and oxygen atoms in total. The number of carboxylic acids is 1. The van der Waals surface area contributed by atoms with E-state index in [9.17, 15) is 22.8 Å². The van der Waals surface area contributed by atoms with E-state index < -0.39 is 36.1 Å². The van der Waals surface area contributed by atoms with Gasteiger partial charge in [0.15, 0.2) is 0 Å². The van der Waals surface area contributed by atoms with Crippen LogP contribution in [-0.2, 0) is 28.6 Å². The van der Waals surface area contributed by atoms with Gasteiger partial charge in [-0.25, -0.2) is 0 Å². The van der Waals surface area contributed by atoms with Crippen molar-refractivity contribution in [3.63, 3.8) is 0 Å². The molecule has 2 atom stereocenters. The van der Waals surface area contributed by atoms with E-state index in [-0.39, 0.29) is 17.7 Å². The van der Waals surface area contributed by atoms with Crippen molar-refractivity contribution < 1.29 is 27.9 Å². The van der Waals surface area contributed by atoms with Crippen LogP contribution < -0.4 is 11.1 Å². The van der Waals surface area contributed by atoms with E-state index in [1.807, 2.05) is 36.4 Å². The van der Waals surface area contributed by atoms with Crippen molar-refractivity contribution >= 4 is 17.6 Å². The van der Waals surface area contributed by atoms with Gasteiger partial charge in [0, 0.05) is 11.6 Å². The summed E-state index contributed by atoms with van der Waals surface area (Å²) in [5.41, 5.74) is 6.74. The quantitative estimate of drug-likeness (QED) is 0.528. The van der Waals surface area contributed by atoms with E-state index in [0.29, 0.717) is 12.3 Å². The lowest BCUT2D eigenvalue weighted by molar-refractivity contribution is -0.139. The van der Waals surface area contributed by atoms with Gasteiger partial charge in [-0.1, -0.05) is 54.6 Å². The van der Waals surface area contributed by atoms with Gasteiger partial charge < -0.3 is 16.2 Å². The number of anilines is 1. The fourth-order valence-electron chi connectivity index (χ4n) is 3.69. The number of halogens is 3. The summed E-state index contributed by atoms with van der Waals surface area (Å²) >= 11 is 0. The molecular weight excluding hydrogens is 433 g/mol. The first kappa shape index (κ1) is 24.3. The number of nitrogens with one attached hydrogen (secondary N) is 1. The van der Waals surface area contributed by atoms with Crippen molar-refractivity contribution in [2.45, 2.75) is 43.8 Å². The molecule has 4 N–H and O–H groups in total. The highest BCUT2D eigenvalue weighted by Crippen LogP contribution is 2.34. The second-order valence-electron chi connectivity index (χ2n) is 7.96. The average Bonchev–Trinajstić information content (AvgIpc) is 2.78. The molecule has 1 unspecified atom stereocenters. The summed E-state index contributed by atoms with van der Waals surface area (Å²) in [7, 11) is 0. The number of hydrogen-bond donors (Lipinski definition) is 3. The molecule has 0 spiro atoms. The average molecular weight is 458 g/mol. The summed E-state index contributed by atoms with van der Waals surface area (Å²) in [4.78, 5) is 22.6. The van der Waals surface area contributed by atoms with Crippen molar-refractivity contribution in [3.8, 4) is 0 Å². The first-order valence-electron chi connectivity index (χ1n) is 10.5. The molecule has 0 aromatic heterocycles. The number of amides is 1. The maximum absolute atomic E-state index is 13.7. The number of aliphatic carboxylic acids is 1. The molecule has 1 amide bonds. The molecule has 0 fully saturated rings. The van der Waals surface area contributed by atoms with Gasteiger partial charge in [0.1, 0.15) is 0 Å². The molecule has 33 heavy (non-hydrogen) atoms. The van der Waals surface area contributed by atoms with Crippen LogP contribution >= 0.6 is 0 Å². The van der Waals surface area contributed by atoms with E-state index in [1.165, 1.54) is 12.1 Å². The second kappa shape index (κ2) is 10.5. The lowest BCUT2D eigenvalue weighted by atomic mass is 9.91. The van der Waals surface area contributed by atoms with Gasteiger partial charge in [0.05, 0.1) is 18.0 Å². The monoisotopic (exact) mass is 458 g/mol. The third kappa shape index (κ3) is 6.79. The number of carbonyl (C=O) groups is 2. The zero-order chi connectivity index (χ0) is 24.0. The Balaban J connectivity index is 1.69. The number of nitrogens with two attached hydrogens (primary N) is 1. The first-order chi connectivity index (χ1) is 15.6. The van der Waals surface area contributed by atoms with Crippen molar-refractivity contribution in [1.82, 2.24) is 0 Å². The van der Waals surface area contributed by atoms with Gasteiger partial charge >= 0.3 is 12.1 Å². The molecule has 0 saturated carbocycles. The highest BCUT2D eigenvalue weighted by atomic mass is 19.4. The second-order valence-corrected chi connectivity index (χ2v) is 7.96. The van der Waals surface area contributed by atoms with Gasteiger partial charge in [-0.15, -0.1) is 0 Å². The van der Waals surface area contributed by atoms with Crippen LogP contribution in [0.4, 0.5) is 18.9 Å². The molecular formula is C25H25F3N2O3. The van der Waals surface area contributed by atoms with Gasteiger partial charge in [-0.05, 0) is 48.1 Å². The number of carbonyl (C=O) groups excluding carboxylic acids is 1. The molecule has 1 aliphatic rings. The predicted molar refractivity (Wildman–Crippen MR) is 120 cm³/mol. The Morgan fingerprint density at radius 1 is 1.09 bits per heavy atom. The Morgan fingerprint density at radius 2 is 1.82 bits per heavy atom. The van der Waals surface area contributed by atoms with E-state index in [1.54, 1.807) is 0 Å². The van der Waals surface area contributed by atoms with E-state index in [0.717, 1.165) is 23.6 Å². The van der Waals surface area contributed by atoms with E-state index >= 15 is 0 Å². The Kier molecular flexibility index (Phi) is 7.71. The molecule has 0 bridgehead atoms. The number of hydrogen-bond acceptors (Lipinski definition) is 3. The van der Waals surface area contributed by atoms with Crippen molar-refractivity contribution in [2.75, 3.05) is 5.32 Å². The minimum absolute atomic E-state index is 0.0872. The van der Waals surface area contributed by atoms with Crippen LogP contribution in [0.3, 0.4) is 0 Å². The summed E-state index contributed by atoms with van der Waals surface area (Å²) < 4.78 is 41.0. The van der Waals surface area contributed by atoms with Crippen LogP contribution in [0.15, 0.2) is 66.8 Å². The van der Waals surface area contributed by atoms with E-state index in [2.05, 4.69) is 17.5 Å². The maximum Gasteiger partial charge on any atom is 0.416 e. The molecule has 0 saturated heterocycles. The Morgan fingerprint density at radius 3 is 2.42 bits per heavy atom. The number of benzene rings is 2. The fraction of sp³-hybridized carbons (Fsp3) is 0.280. The number of carboxylic acid groups (broad SMARTS) is 1. The normalized spacial score (nSPS) is 16.4. The molecule has 1 aliphatic carbocycles. The zero-order valence-electron chi connectivity index (χ0n) is 17.8. The molecule has 0 radical (unpaired) electrons. The van der Waals surface area contributed by atoms with Crippen LogP contribution in [0, 0.1) is 0 Å². The summed E-state index contributed by atoms with van der Waals surface area (Å²) in [5, 5.41) is 11.0. The summed E-state index contributed by atoms with van der Waals surface area (Å²) in [6.07, 6.45) is 4.53. The van der Waals surface area contributed by atoms with Crippen LogP contribution in [0.25, 0.3) is 0 Å². The number of rotatable bonds is 8. The van der Waals surface area contributed by atoms with Crippen LogP contribution in [0.2, 0.25) is 0 Å². The molecule has 0 aliphatic heterocycles. The fourth-order valence-corrected chi connectivity index (χ4v) is 3.69. The van der Waals surface area contributed by atoms with Crippen molar-refractivity contribution in [2.24, 2.45) is 5.73 Å². The van der Waals surface area contributed by atoms with Gasteiger partial charge in [-0.3, -0.25) is 9.59 Å². The standard InChI is InChI=1S/C25H25F3N2O3/c26-25(27,28)21-14-20(30-24(33)22(29)15-23(31)32)13-12-19(21)11-8-16-6-9-18(10-7-16)17-4-2-1-3-5-17/h1-4,6-7,9-10,12-14,17,22H,5,8,11,15,29H2,(H,30,33)(H,31,32)/t17?,22-/m0/s1. The molecule has 3 rings (SSSR count). The third-order valence-electron chi connectivity index (χ3n) is 5.49. The first-order valence-corrected chi connectivity index (χ1v) is 10.5. The Bertz CT molecular complexity index is 1060. The summed E-state index contributed by atoms with van der Waals surface area (Å²) in [5.74, 6) is -1.82. The van der Waals surface area contributed by atoms with Crippen molar-refractivity contribution in [3.05, 3.63) is 89.0 Å². The van der Waals surface area contributed by atoms with E-state index in [4.69, 9.17) is 10.8 Å². The van der Waals surface area contributed by atoms with Gasteiger partial charge in [0.25, 0.3) is 0 Å². The van der Waals surface area contributed by atoms with Crippen LogP contribution in [0.5, 0.6) is 0 Å². The Labute approximate surface area is 189 Å². The third-order valence-corrected chi connectivity index (χ3v) is 5.49. The summed E-state index contributed by atoms with van der Waals surface area (Å²) in [6, 6.07) is 10.1. The highest BCUT2D eigenvalue weighted by molar-refractivity contribution is 5.96. The smallest absolute Gasteiger partial charge is 0.416 e. The minimum Gasteiger partial charge on any atom is -0.481 e. The van der Waals surface area contributed by atoms with Crippen molar-refractivity contribution in [1.29, 1.82) is 0 Å². The number of allylic oxidation sites excluding steroid dienone is 4.